The molecule has 0 saturated carbocycles. The molecule has 1 atom stereocenters. The number of nitrogens with zero attached hydrogens (tertiary/aromatic N) is 2. The molecule has 1 N–H and O–H groups in total. The first-order valence-corrected chi connectivity index (χ1v) is 12.0. The van der Waals surface area contributed by atoms with Crippen molar-refractivity contribution in [3.05, 3.63) is 83.2 Å². The standard InChI is InChI=1S/C26H23N3O5S/c1-32-18-8-6-7-17(13-18)27-24(30)16-35-26-28-21-10-3-2-9-20(21)25(31)29(26)14-19-15-33-22-11-4-5-12-23(22)34-19/h2-13,19H,14-16H2,1H3,(H,27,30)/t19-/m0/s1. The molecule has 5 rings (SSSR count). The van der Waals surface area contributed by atoms with E-state index in [4.69, 9.17) is 14.2 Å². The number of hydrogen-bond acceptors (Lipinski definition) is 7. The molecule has 0 radical (unpaired) electrons. The quantitative estimate of drug-likeness (QED) is 0.310. The number of fused-ring (bicyclic) bond motifs is 2. The van der Waals surface area contributed by atoms with Gasteiger partial charge in [0, 0.05) is 11.8 Å². The van der Waals surface area contributed by atoms with Gasteiger partial charge in [-0.3, -0.25) is 14.2 Å². The second kappa shape index (κ2) is 10.1. The lowest BCUT2D eigenvalue weighted by molar-refractivity contribution is -0.113. The van der Waals surface area contributed by atoms with Crippen molar-refractivity contribution in [1.82, 2.24) is 9.55 Å². The average Bonchev–Trinajstić information content (AvgIpc) is 2.89. The Labute approximate surface area is 205 Å². The maximum atomic E-state index is 13.4. The summed E-state index contributed by atoms with van der Waals surface area (Å²) in [5.74, 6) is 1.82. The van der Waals surface area contributed by atoms with Crippen LogP contribution in [0.3, 0.4) is 0 Å². The fourth-order valence-electron chi connectivity index (χ4n) is 3.80. The van der Waals surface area contributed by atoms with Crippen LogP contribution < -0.4 is 25.1 Å². The molecular weight excluding hydrogens is 466 g/mol. The van der Waals surface area contributed by atoms with Crippen LogP contribution in [0.2, 0.25) is 0 Å². The molecule has 1 aliphatic rings. The van der Waals surface area contributed by atoms with Crippen LogP contribution in [0.1, 0.15) is 0 Å². The van der Waals surface area contributed by atoms with Crippen LogP contribution in [0.25, 0.3) is 10.9 Å². The Hall–Kier alpha value is -3.98. The van der Waals surface area contributed by atoms with E-state index in [0.717, 1.165) is 0 Å². The van der Waals surface area contributed by atoms with Gasteiger partial charge in [-0.15, -0.1) is 0 Å². The number of para-hydroxylation sites is 3. The summed E-state index contributed by atoms with van der Waals surface area (Å²) in [6, 6.07) is 21.7. The SMILES string of the molecule is COc1cccc(NC(=O)CSc2nc3ccccc3c(=O)n2C[C@H]2COc3ccccc3O2)c1. The summed E-state index contributed by atoms with van der Waals surface area (Å²) >= 11 is 1.20. The van der Waals surface area contributed by atoms with Gasteiger partial charge in [0.05, 0.1) is 30.3 Å². The first-order chi connectivity index (χ1) is 17.1. The molecule has 0 unspecified atom stereocenters. The smallest absolute Gasteiger partial charge is 0.262 e. The van der Waals surface area contributed by atoms with Crippen molar-refractivity contribution < 1.29 is 19.0 Å². The van der Waals surface area contributed by atoms with E-state index in [2.05, 4.69) is 10.3 Å². The molecule has 0 saturated heterocycles. The highest BCUT2D eigenvalue weighted by molar-refractivity contribution is 7.99. The van der Waals surface area contributed by atoms with Gasteiger partial charge in [-0.25, -0.2) is 4.98 Å². The molecule has 0 fully saturated rings. The number of rotatable bonds is 7. The first kappa shape index (κ1) is 22.8. The van der Waals surface area contributed by atoms with Gasteiger partial charge in [0.1, 0.15) is 12.4 Å². The summed E-state index contributed by atoms with van der Waals surface area (Å²) in [5, 5.41) is 3.80. The molecular formula is C26H23N3O5S. The highest BCUT2D eigenvalue weighted by atomic mass is 32.2. The van der Waals surface area contributed by atoms with Crippen LogP contribution in [-0.4, -0.2) is 41.0 Å². The first-order valence-electron chi connectivity index (χ1n) is 11.1. The average molecular weight is 490 g/mol. The van der Waals surface area contributed by atoms with Crippen molar-refractivity contribution in [1.29, 1.82) is 0 Å². The van der Waals surface area contributed by atoms with Crippen LogP contribution in [0.5, 0.6) is 17.2 Å². The number of carbonyl (C=O) groups is 1. The van der Waals surface area contributed by atoms with E-state index in [0.29, 0.717) is 45.6 Å². The monoisotopic (exact) mass is 489 g/mol. The lowest BCUT2D eigenvalue weighted by Gasteiger charge is -2.27. The molecule has 35 heavy (non-hydrogen) atoms. The fraction of sp³-hybridized carbons (Fsp3) is 0.192. The predicted octanol–water partition coefficient (Wildman–Crippen LogP) is 3.98. The molecule has 1 amide bonds. The van der Waals surface area contributed by atoms with Crippen molar-refractivity contribution >= 4 is 34.3 Å². The van der Waals surface area contributed by atoms with E-state index in [1.165, 1.54) is 11.8 Å². The van der Waals surface area contributed by atoms with E-state index in [-0.39, 0.29) is 29.9 Å². The summed E-state index contributed by atoms with van der Waals surface area (Å²) in [5.41, 5.74) is 1.02. The third kappa shape index (κ3) is 5.09. The Kier molecular flexibility index (Phi) is 6.58. The molecule has 8 nitrogen and oxygen atoms in total. The van der Waals surface area contributed by atoms with Gasteiger partial charge in [0.15, 0.2) is 22.8 Å². The van der Waals surface area contributed by atoms with Crippen molar-refractivity contribution in [3.63, 3.8) is 0 Å². The van der Waals surface area contributed by atoms with E-state index in [9.17, 15) is 9.59 Å². The minimum absolute atomic E-state index is 0.0762. The van der Waals surface area contributed by atoms with Gasteiger partial charge in [-0.1, -0.05) is 42.1 Å². The molecule has 1 aromatic heterocycles. The second-order valence-electron chi connectivity index (χ2n) is 7.89. The topological polar surface area (TPSA) is 91.7 Å². The van der Waals surface area contributed by atoms with E-state index < -0.39 is 0 Å². The summed E-state index contributed by atoms with van der Waals surface area (Å²) in [7, 11) is 1.57. The minimum atomic E-state index is -0.379. The van der Waals surface area contributed by atoms with Gasteiger partial charge in [0.25, 0.3) is 5.56 Å². The number of aromatic nitrogens is 2. The minimum Gasteiger partial charge on any atom is -0.497 e. The molecule has 0 aliphatic carbocycles. The Morgan fingerprint density at radius 2 is 1.91 bits per heavy atom. The Bertz CT molecular complexity index is 1440. The molecule has 178 valence electrons. The molecule has 2 heterocycles. The Morgan fingerprint density at radius 3 is 2.77 bits per heavy atom. The largest absolute Gasteiger partial charge is 0.497 e. The molecule has 0 spiro atoms. The number of anilines is 1. The van der Waals surface area contributed by atoms with Crippen LogP contribution in [0, 0.1) is 0 Å². The zero-order valence-electron chi connectivity index (χ0n) is 19.0. The highest BCUT2D eigenvalue weighted by Gasteiger charge is 2.24. The second-order valence-corrected chi connectivity index (χ2v) is 8.84. The van der Waals surface area contributed by atoms with E-state index >= 15 is 0 Å². The van der Waals surface area contributed by atoms with Gasteiger partial charge < -0.3 is 19.5 Å². The number of nitrogens with one attached hydrogen (secondary N) is 1. The number of ether oxygens (including phenoxy) is 3. The van der Waals surface area contributed by atoms with Crippen LogP contribution in [0.4, 0.5) is 5.69 Å². The predicted molar refractivity (Wildman–Crippen MR) is 135 cm³/mol. The summed E-state index contributed by atoms with van der Waals surface area (Å²) in [4.78, 5) is 30.7. The summed E-state index contributed by atoms with van der Waals surface area (Å²) in [6.07, 6.45) is -0.379. The molecule has 3 aromatic carbocycles. The maximum Gasteiger partial charge on any atom is 0.262 e. The third-order valence-electron chi connectivity index (χ3n) is 5.47. The van der Waals surface area contributed by atoms with Gasteiger partial charge in [0.2, 0.25) is 5.91 Å². The molecule has 1 aliphatic heterocycles. The summed E-state index contributed by atoms with van der Waals surface area (Å²) < 4.78 is 18.7. The van der Waals surface area contributed by atoms with Gasteiger partial charge in [-0.05, 0) is 36.4 Å². The van der Waals surface area contributed by atoms with E-state index in [1.54, 1.807) is 54.1 Å². The van der Waals surface area contributed by atoms with Gasteiger partial charge in [-0.2, -0.15) is 0 Å². The van der Waals surface area contributed by atoms with Crippen molar-refractivity contribution in [2.45, 2.75) is 17.8 Å². The van der Waals surface area contributed by atoms with Crippen LogP contribution in [-0.2, 0) is 11.3 Å². The number of amides is 1. The maximum absolute atomic E-state index is 13.4. The van der Waals surface area contributed by atoms with Crippen molar-refractivity contribution in [3.8, 4) is 17.2 Å². The van der Waals surface area contributed by atoms with Crippen molar-refractivity contribution in [2.24, 2.45) is 0 Å². The summed E-state index contributed by atoms with van der Waals surface area (Å²) in [6.45, 7) is 0.543. The van der Waals surface area contributed by atoms with Crippen molar-refractivity contribution in [2.75, 3.05) is 24.8 Å². The fourth-order valence-corrected chi connectivity index (χ4v) is 4.61. The van der Waals surface area contributed by atoms with Crippen LogP contribution in [0.15, 0.2) is 82.7 Å². The van der Waals surface area contributed by atoms with Gasteiger partial charge >= 0.3 is 0 Å². The Morgan fingerprint density at radius 1 is 1.11 bits per heavy atom. The number of methoxy groups -OCH3 is 1. The highest BCUT2D eigenvalue weighted by Crippen LogP contribution is 2.31. The zero-order chi connectivity index (χ0) is 24.2. The van der Waals surface area contributed by atoms with Crippen LogP contribution >= 0.6 is 11.8 Å². The number of thioether (sulfide) groups is 1. The third-order valence-corrected chi connectivity index (χ3v) is 6.44. The zero-order valence-corrected chi connectivity index (χ0v) is 19.8. The number of benzene rings is 3. The molecule has 4 aromatic rings. The molecule has 9 heteroatoms. The number of carbonyl (C=O) groups excluding carboxylic acids is 1. The molecule has 0 bridgehead atoms. The Balaban J connectivity index is 1.37. The van der Waals surface area contributed by atoms with E-state index in [1.807, 2.05) is 30.3 Å². The number of hydrogen-bond donors (Lipinski definition) is 1. The lowest BCUT2D eigenvalue weighted by Crippen LogP contribution is -2.37. The normalized spacial score (nSPS) is 14.5. The lowest BCUT2D eigenvalue weighted by atomic mass is 10.2.